The van der Waals surface area contributed by atoms with Crippen molar-refractivity contribution in [2.75, 3.05) is 6.16 Å². The number of primary amides is 1. The third-order valence-electron chi connectivity index (χ3n) is 1.34. The van der Waals surface area contributed by atoms with Gasteiger partial charge in [-0.05, 0) is 6.42 Å². The third-order valence-corrected chi connectivity index (χ3v) is 2.18. The molecule has 0 aromatic carbocycles. The van der Waals surface area contributed by atoms with Gasteiger partial charge in [0, 0.05) is 5.92 Å². The summed E-state index contributed by atoms with van der Waals surface area (Å²) in [6.07, 6.45) is -0.142. The molecule has 0 aliphatic carbocycles. The van der Waals surface area contributed by atoms with Crippen LogP contribution in [0.5, 0.6) is 0 Å². The summed E-state index contributed by atoms with van der Waals surface area (Å²) in [7, 11) is -3.97. The Morgan fingerprint density at radius 1 is 1.64 bits per heavy atom. The molecule has 0 saturated carbocycles. The van der Waals surface area contributed by atoms with Crippen LogP contribution in [0.25, 0.3) is 0 Å². The predicted molar refractivity (Wildman–Crippen MR) is 39.9 cm³/mol. The molecule has 0 radical (unpaired) electrons. The SMILES string of the molecule is CC(CCP(=O)(O)O)C(N)=O. The first-order valence-electron chi connectivity index (χ1n) is 3.17. The van der Waals surface area contributed by atoms with Crippen LogP contribution in [0, 0.1) is 5.92 Å². The van der Waals surface area contributed by atoms with Gasteiger partial charge in [-0.2, -0.15) is 0 Å². The van der Waals surface area contributed by atoms with Gasteiger partial charge >= 0.3 is 7.60 Å². The molecule has 1 unspecified atom stereocenters. The van der Waals surface area contributed by atoms with Crippen LogP contribution >= 0.6 is 7.60 Å². The van der Waals surface area contributed by atoms with Gasteiger partial charge in [-0.25, -0.2) is 0 Å². The summed E-state index contributed by atoms with van der Waals surface area (Å²) in [6, 6.07) is 0. The molecule has 0 aliphatic heterocycles. The van der Waals surface area contributed by atoms with E-state index in [4.69, 9.17) is 15.5 Å². The molecule has 4 N–H and O–H groups in total. The van der Waals surface area contributed by atoms with E-state index in [0.29, 0.717) is 0 Å². The van der Waals surface area contributed by atoms with Crippen LogP contribution in [-0.4, -0.2) is 21.9 Å². The van der Waals surface area contributed by atoms with Gasteiger partial charge in [-0.15, -0.1) is 0 Å². The Labute approximate surface area is 64.8 Å². The Bertz CT molecular complexity index is 187. The highest BCUT2D eigenvalue weighted by Crippen LogP contribution is 2.35. The Kier molecular flexibility index (Phi) is 3.72. The van der Waals surface area contributed by atoms with E-state index >= 15 is 0 Å². The maximum atomic E-state index is 10.4. The molecule has 0 rings (SSSR count). The average molecular weight is 181 g/mol. The fraction of sp³-hybridized carbons (Fsp3) is 0.800. The normalized spacial score (nSPS) is 14.5. The zero-order valence-corrected chi connectivity index (χ0v) is 7.12. The van der Waals surface area contributed by atoms with E-state index in [9.17, 15) is 9.36 Å². The van der Waals surface area contributed by atoms with Gasteiger partial charge < -0.3 is 15.5 Å². The maximum Gasteiger partial charge on any atom is 0.325 e. The van der Waals surface area contributed by atoms with Gasteiger partial charge in [-0.3, -0.25) is 9.36 Å². The number of rotatable bonds is 4. The Hall–Kier alpha value is -0.380. The lowest BCUT2D eigenvalue weighted by molar-refractivity contribution is -0.121. The van der Waals surface area contributed by atoms with Crippen molar-refractivity contribution in [2.24, 2.45) is 11.7 Å². The van der Waals surface area contributed by atoms with Gasteiger partial charge in [0.25, 0.3) is 0 Å². The zero-order valence-electron chi connectivity index (χ0n) is 6.23. The number of hydrogen-bond donors (Lipinski definition) is 3. The van der Waals surface area contributed by atoms with E-state index in [-0.39, 0.29) is 12.6 Å². The molecule has 5 nitrogen and oxygen atoms in total. The minimum atomic E-state index is -3.97. The summed E-state index contributed by atoms with van der Waals surface area (Å²) in [5, 5.41) is 0. The molecule has 0 saturated heterocycles. The molecule has 0 spiro atoms. The highest BCUT2D eigenvalue weighted by molar-refractivity contribution is 7.51. The summed E-state index contributed by atoms with van der Waals surface area (Å²) in [5.41, 5.74) is 4.87. The predicted octanol–water partition coefficient (Wildman–Crippen LogP) is -0.324. The minimum Gasteiger partial charge on any atom is -0.369 e. The zero-order chi connectivity index (χ0) is 9.07. The second-order valence-corrected chi connectivity index (χ2v) is 4.26. The Morgan fingerprint density at radius 3 is 2.36 bits per heavy atom. The summed E-state index contributed by atoms with van der Waals surface area (Å²) in [4.78, 5) is 27.2. The maximum absolute atomic E-state index is 10.4. The second kappa shape index (κ2) is 3.85. The molecule has 1 amide bonds. The van der Waals surface area contributed by atoms with Crippen LogP contribution in [0.15, 0.2) is 0 Å². The van der Waals surface area contributed by atoms with Crippen molar-refractivity contribution in [1.82, 2.24) is 0 Å². The summed E-state index contributed by atoms with van der Waals surface area (Å²) >= 11 is 0. The van der Waals surface area contributed by atoms with Crippen LogP contribution < -0.4 is 5.73 Å². The highest BCUT2D eigenvalue weighted by atomic mass is 31.2. The van der Waals surface area contributed by atoms with Crippen LogP contribution in [0.4, 0.5) is 0 Å². The van der Waals surface area contributed by atoms with Crippen LogP contribution in [0.3, 0.4) is 0 Å². The van der Waals surface area contributed by atoms with Crippen molar-refractivity contribution >= 4 is 13.5 Å². The van der Waals surface area contributed by atoms with Crippen molar-refractivity contribution in [3.05, 3.63) is 0 Å². The molecular formula is C5H12NO4P. The van der Waals surface area contributed by atoms with Gasteiger partial charge in [-0.1, -0.05) is 6.92 Å². The average Bonchev–Trinajstić information content (AvgIpc) is 1.80. The largest absolute Gasteiger partial charge is 0.369 e. The van der Waals surface area contributed by atoms with Crippen molar-refractivity contribution < 1.29 is 19.1 Å². The monoisotopic (exact) mass is 181 g/mol. The molecule has 11 heavy (non-hydrogen) atoms. The van der Waals surface area contributed by atoms with E-state index in [0.717, 1.165) is 0 Å². The smallest absolute Gasteiger partial charge is 0.325 e. The molecule has 0 heterocycles. The van der Waals surface area contributed by atoms with Gasteiger partial charge in [0.1, 0.15) is 0 Å². The Morgan fingerprint density at radius 2 is 2.09 bits per heavy atom. The first kappa shape index (κ1) is 10.6. The first-order valence-corrected chi connectivity index (χ1v) is 4.96. The Balaban J connectivity index is 3.72. The standard InChI is InChI=1S/C5H12NO4P/c1-4(5(6)7)2-3-11(8,9)10/h4H,2-3H2,1H3,(H2,6,7)(H2,8,9,10). The van der Waals surface area contributed by atoms with E-state index in [1.54, 1.807) is 0 Å². The number of carbonyl (C=O) groups excluding carboxylic acids is 1. The lowest BCUT2D eigenvalue weighted by Gasteiger charge is -2.07. The molecule has 0 fully saturated rings. The van der Waals surface area contributed by atoms with Crippen molar-refractivity contribution in [3.8, 4) is 0 Å². The van der Waals surface area contributed by atoms with E-state index in [1.807, 2.05) is 0 Å². The lowest BCUT2D eigenvalue weighted by Crippen LogP contribution is -2.21. The topological polar surface area (TPSA) is 101 Å². The number of nitrogens with two attached hydrogens (primary N) is 1. The third kappa shape index (κ3) is 6.04. The molecule has 1 atom stereocenters. The van der Waals surface area contributed by atoms with E-state index in [1.165, 1.54) is 6.92 Å². The quantitative estimate of drug-likeness (QED) is 0.517. The minimum absolute atomic E-state index is 0.139. The van der Waals surface area contributed by atoms with Crippen LogP contribution in [0.1, 0.15) is 13.3 Å². The molecule has 66 valence electrons. The van der Waals surface area contributed by atoms with E-state index in [2.05, 4.69) is 0 Å². The summed E-state index contributed by atoms with van der Waals surface area (Å²) < 4.78 is 10.3. The number of hydrogen-bond acceptors (Lipinski definition) is 2. The van der Waals surface area contributed by atoms with Gasteiger partial charge in [0.05, 0.1) is 6.16 Å². The molecule has 0 bridgehead atoms. The van der Waals surface area contributed by atoms with Gasteiger partial charge in [0.2, 0.25) is 5.91 Å². The van der Waals surface area contributed by atoms with Crippen LogP contribution in [-0.2, 0) is 9.36 Å². The van der Waals surface area contributed by atoms with Gasteiger partial charge in [0.15, 0.2) is 0 Å². The fourth-order valence-corrected chi connectivity index (χ4v) is 1.23. The number of carbonyl (C=O) groups is 1. The van der Waals surface area contributed by atoms with Crippen molar-refractivity contribution in [1.29, 1.82) is 0 Å². The van der Waals surface area contributed by atoms with Crippen LogP contribution in [0.2, 0.25) is 0 Å². The lowest BCUT2D eigenvalue weighted by atomic mass is 10.1. The fourth-order valence-electron chi connectivity index (χ4n) is 0.504. The van der Waals surface area contributed by atoms with Crippen molar-refractivity contribution in [3.63, 3.8) is 0 Å². The second-order valence-electron chi connectivity index (χ2n) is 2.48. The molecule has 0 aromatic heterocycles. The molecular weight excluding hydrogens is 169 g/mol. The summed E-state index contributed by atoms with van der Waals surface area (Å²) in [6.45, 7) is 1.54. The number of amides is 1. The summed E-state index contributed by atoms with van der Waals surface area (Å²) in [5.74, 6) is -0.999. The molecule has 0 aromatic rings. The molecule has 6 heteroatoms. The first-order chi connectivity index (χ1) is 4.83. The highest BCUT2D eigenvalue weighted by Gasteiger charge is 2.17. The van der Waals surface area contributed by atoms with Crippen molar-refractivity contribution in [2.45, 2.75) is 13.3 Å². The molecule has 0 aliphatic rings. The van der Waals surface area contributed by atoms with E-state index < -0.39 is 19.4 Å².